The number of amides is 1. The van der Waals surface area contributed by atoms with E-state index in [-0.39, 0.29) is 35.2 Å². The van der Waals surface area contributed by atoms with Gasteiger partial charge >= 0.3 is 0 Å². The Labute approximate surface area is 203 Å². The first-order chi connectivity index (χ1) is 16.9. The van der Waals surface area contributed by atoms with Gasteiger partial charge in [0.25, 0.3) is 0 Å². The van der Waals surface area contributed by atoms with E-state index in [9.17, 15) is 14.3 Å². The van der Waals surface area contributed by atoms with Crippen molar-refractivity contribution >= 4 is 11.5 Å². The molecule has 1 amide bonds. The fourth-order valence-corrected chi connectivity index (χ4v) is 5.49. The summed E-state index contributed by atoms with van der Waals surface area (Å²) in [5.41, 5.74) is 4.45. The SMILES string of the molecule is COc1cc(C2(C3C(C)=C(CC(=O)NCc4ccco4)c4cc(F)ccc43)CC2)cc(OC)c1O. The van der Waals surface area contributed by atoms with Crippen LogP contribution in [0.4, 0.5) is 4.39 Å². The summed E-state index contributed by atoms with van der Waals surface area (Å²) in [6.07, 6.45) is 3.55. The van der Waals surface area contributed by atoms with E-state index in [0.29, 0.717) is 23.8 Å². The summed E-state index contributed by atoms with van der Waals surface area (Å²) in [7, 11) is 3.02. The molecular weight excluding hydrogens is 449 g/mol. The number of rotatable bonds is 8. The maximum atomic E-state index is 14.3. The van der Waals surface area contributed by atoms with E-state index in [1.54, 1.807) is 18.4 Å². The number of hydrogen-bond donors (Lipinski definition) is 2. The molecule has 5 rings (SSSR count). The number of phenolic OH excluding ortho intramolecular Hbond substituents is 1. The molecule has 1 aromatic heterocycles. The van der Waals surface area contributed by atoms with Crippen molar-refractivity contribution < 1.29 is 28.2 Å². The van der Waals surface area contributed by atoms with Crippen LogP contribution in [-0.4, -0.2) is 25.2 Å². The summed E-state index contributed by atoms with van der Waals surface area (Å²) >= 11 is 0. The second-order valence-corrected chi connectivity index (χ2v) is 9.24. The standard InChI is InChI=1S/C28H28FNO5/c1-16-21(14-25(31)30-15-19-5-4-10-35-19)22-13-18(29)6-7-20(22)26(16)28(8-9-28)17-11-23(33-2)27(32)24(12-17)34-3/h4-7,10-13,26,32H,8-9,14-15H2,1-3H3,(H,30,31). The van der Waals surface area contributed by atoms with Crippen LogP contribution < -0.4 is 14.8 Å². The number of ether oxygens (including phenoxy) is 2. The minimum absolute atomic E-state index is 0.0232. The Bertz CT molecular complexity index is 1280. The van der Waals surface area contributed by atoms with Crippen LogP contribution in [-0.2, 0) is 16.8 Å². The summed E-state index contributed by atoms with van der Waals surface area (Å²) < 4.78 is 30.4. The van der Waals surface area contributed by atoms with Gasteiger partial charge in [-0.2, -0.15) is 0 Å². The maximum absolute atomic E-state index is 14.3. The van der Waals surface area contributed by atoms with Crippen LogP contribution in [0.2, 0.25) is 0 Å². The molecule has 1 atom stereocenters. The monoisotopic (exact) mass is 477 g/mol. The molecule has 1 unspecified atom stereocenters. The molecule has 0 aliphatic heterocycles. The lowest BCUT2D eigenvalue weighted by Crippen LogP contribution is -2.22. The molecule has 2 N–H and O–H groups in total. The fourth-order valence-electron chi connectivity index (χ4n) is 5.49. The number of aromatic hydroxyl groups is 1. The Balaban J connectivity index is 1.52. The Morgan fingerprint density at radius 3 is 2.49 bits per heavy atom. The lowest BCUT2D eigenvalue weighted by atomic mass is 9.76. The van der Waals surface area contributed by atoms with Crippen molar-refractivity contribution in [2.75, 3.05) is 14.2 Å². The predicted molar refractivity (Wildman–Crippen MR) is 129 cm³/mol. The molecule has 2 aliphatic rings. The summed E-state index contributed by atoms with van der Waals surface area (Å²) in [5, 5.41) is 13.3. The molecule has 7 heteroatoms. The van der Waals surface area contributed by atoms with Crippen molar-refractivity contribution in [2.45, 2.75) is 44.1 Å². The number of nitrogens with one attached hydrogen (secondary N) is 1. The van der Waals surface area contributed by atoms with E-state index in [1.165, 1.54) is 26.4 Å². The Morgan fingerprint density at radius 2 is 1.89 bits per heavy atom. The highest BCUT2D eigenvalue weighted by Gasteiger charge is 2.55. The molecule has 1 heterocycles. The number of halogens is 1. The summed E-state index contributed by atoms with van der Waals surface area (Å²) in [4.78, 5) is 12.8. The number of carbonyl (C=O) groups is 1. The zero-order chi connectivity index (χ0) is 24.7. The van der Waals surface area contributed by atoms with Gasteiger partial charge in [0.2, 0.25) is 11.7 Å². The Morgan fingerprint density at radius 1 is 1.17 bits per heavy atom. The molecule has 35 heavy (non-hydrogen) atoms. The van der Waals surface area contributed by atoms with Crippen LogP contribution in [0.1, 0.15) is 54.6 Å². The fraction of sp³-hybridized carbons (Fsp3) is 0.321. The first kappa shape index (κ1) is 23.0. The first-order valence-corrected chi connectivity index (χ1v) is 11.6. The van der Waals surface area contributed by atoms with Gasteiger partial charge in [0.15, 0.2) is 11.5 Å². The van der Waals surface area contributed by atoms with Gasteiger partial charge in [0, 0.05) is 11.3 Å². The highest BCUT2D eigenvalue weighted by atomic mass is 19.1. The smallest absolute Gasteiger partial charge is 0.224 e. The van der Waals surface area contributed by atoms with E-state index in [2.05, 4.69) is 5.32 Å². The summed E-state index contributed by atoms with van der Waals surface area (Å²) in [6.45, 7) is 2.33. The molecule has 3 aromatic rings. The molecule has 0 saturated heterocycles. The van der Waals surface area contributed by atoms with Gasteiger partial charge in [-0.3, -0.25) is 4.79 Å². The van der Waals surface area contributed by atoms with Gasteiger partial charge in [-0.25, -0.2) is 4.39 Å². The second-order valence-electron chi connectivity index (χ2n) is 9.24. The minimum atomic E-state index is -0.330. The second kappa shape index (κ2) is 8.80. The molecule has 6 nitrogen and oxygen atoms in total. The van der Waals surface area contributed by atoms with Crippen LogP contribution in [0.25, 0.3) is 5.57 Å². The van der Waals surface area contributed by atoms with E-state index in [0.717, 1.165) is 40.7 Å². The quantitative estimate of drug-likeness (QED) is 0.451. The third-order valence-electron chi connectivity index (χ3n) is 7.33. The number of allylic oxidation sites excluding steroid dienone is 1. The number of furan rings is 1. The van der Waals surface area contributed by atoms with Crippen LogP contribution in [0.15, 0.2) is 58.7 Å². The molecule has 0 bridgehead atoms. The third-order valence-corrected chi connectivity index (χ3v) is 7.33. The Hall–Kier alpha value is -3.74. The van der Waals surface area contributed by atoms with Crippen molar-refractivity contribution in [2.24, 2.45) is 0 Å². The first-order valence-electron chi connectivity index (χ1n) is 11.6. The van der Waals surface area contributed by atoms with Crippen molar-refractivity contribution in [1.82, 2.24) is 5.32 Å². The van der Waals surface area contributed by atoms with Crippen molar-refractivity contribution in [3.8, 4) is 17.2 Å². The van der Waals surface area contributed by atoms with Crippen molar-refractivity contribution in [3.05, 3.63) is 82.6 Å². The van der Waals surface area contributed by atoms with Crippen LogP contribution in [0.5, 0.6) is 17.2 Å². The van der Waals surface area contributed by atoms with Crippen molar-refractivity contribution in [1.29, 1.82) is 0 Å². The maximum Gasteiger partial charge on any atom is 0.224 e. The minimum Gasteiger partial charge on any atom is -0.502 e. The van der Waals surface area contributed by atoms with Gasteiger partial charge in [-0.15, -0.1) is 0 Å². The van der Waals surface area contributed by atoms with Crippen LogP contribution >= 0.6 is 0 Å². The van der Waals surface area contributed by atoms with Gasteiger partial charge in [0.05, 0.1) is 33.4 Å². The molecule has 1 saturated carbocycles. The molecule has 182 valence electrons. The zero-order valence-electron chi connectivity index (χ0n) is 20.0. The molecule has 0 radical (unpaired) electrons. The topological polar surface area (TPSA) is 80.9 Å². The zero-order valence-corrected chi connectivity index (χ0v) is 20.0. The number of phenols is 1. The lowest BCUT2D eigenvalue weighted by Gasteiger charge is -2.27. The number of benzene rings is 2. The van der Waals surface area contributed by atoms with Gasteiger partial charge in [0.1, 0.15) is 11.6 Å². The summed E-state index contributed by atoms with van der Waals surface area (Å²) in [6, 6.07) is 12.1. The highest BCUT2D eigenvalue weighted by molar-refractivity contribution is 5.93. The number of carbonyl (C=O) groups excluding carboxylic acids is 1. The van der Waals surface area contributed by atoms with Gasteiger partial charge < -0.3 is 24.3 Å². The van der Waals surface area contributed by atoms with E-state index >= 15 is 0 Å². The largest absolute Gasteiger partial charge is 0.502 e. The molecule has 2 aliphatic carbocycles. The van der Waals surface area contributed by atoms with E-state index in [4.69, 9.17) is 13.9 Å². The Kier molecular flexibility index (Phi) is 5.79. The van der Waals surface area contributed by atoms with Crippen molar-refractivity contribution in [3.63, 3.8) is 0 Å². The molecule has 0 spiro atoms. The molecule has 1 fully saturated rings. The summed E-state index contributed by atoms with van der Waals surface area (Å²) in [5.74, 6) is 0.832. The normalized spacial score (nSPS) is 17.8. The highest BCUT2D eigenvalue weighted by Crippen LogP contribution is 2.65. The van der Waals surface area contributed by atoms with Gasteiger partial charge in [-0.1, -0.05) is 11.6 Å². The van der Waals surface area contributed by atoms with Gasteiger partial charge in [-0.05, 0) is 78.4 Å². The molecule has 2 aromatic carbocycles. The third kappa shape index (κ3) is 3.95. The average molecular weight is 478 g/mol. The predicted octanol–water partition coefficient (Wildman–Crippen LogP) is 5.45. The lowest BCUT2D eigenvalue weighted by molar-refractivity contribution is -0.120. The average Bonchev–Trinajstić information content (AvgIpc) is 3.37. The molecular formula is C28H28FNO5. The number of methoxy groups -OCH3 is 2. The van der Waals surface area contributed by atoms with Crippen LogP contribution in [0, 0.1) is 5.82 Å². The van der Waals surface area contributed by atoms with Crippen LogP contribution in [0.3, 0.4) is 0 Å². The number of fused-ring (bicyclic) bond motifs is 1. The van der Waals surface area contributed by atoms with E-state index < -0.39 is 0 Å². The number of hydrogen-bond acceptors (Lipinski definition) is 5. The van der Waals surface area contributed by atoms with E-state index in [1.807, 2.05) is 25.1 Å².